The number of carbonyl (C=O) groups excluding carboxylic acids is 8. The Balaban J connectivity index is 0.797. The van der Waals surface area contributed by atoms with E-state index in [-0.39, 0.29) is 110 Å². The lowest BCUT2D eigenvalue weighted by Gasteiger charge is -2.27. The van der Waals surface area contributed by atoms with Gasteiger partial charge in [0.2, 0.25) is 29.5 Å². The summed E-state index contributed by atoms with van der Waals surface area (Å²) in [6, 6.07) is 13.8. The van der Waals surface area contributed by atoms with Crippen LogP contribution in [-0.4, -0.2) is 185 Å². The average molecular weight is 1280 g/mol. The Labute approximate surface area is 531 Å². The molecular weight excluding hydrogens is 1190 g/mol. The fourth-order valence-corrected chi connectivity index (χ4v) is 9.79. The average Bonchev–Trinajstić information content (AvgIpc) is 1.59. The highest BCUT2D eigenvalue weighted by Gasteiger charge is 2.32. The second-order valence-electron chi connectivity index (χ2n) is 22.0. The standard InChI is InChI=1S/C63H81N13O16/c1-40(2)57(73-60(83)48(19-22-55(80)81)70-51(77)23-29-87-31-33-89-35-36-90-34-32-88-30-27-75-53(78)20-21-54(75)79)61(84)72-47(11-7-25-65-62(64)85)59(82)69-44-16-13-42(14-17-44)39-92-63(86)66-24-4-5-28-91-52-38-67-45-18-15-43(37-49(45)71-52)56-50-12-8-26-76(50)74-58(56)46-10-6-9-41(3)68-46/h6,9-10,13-18,20-21,37-38,40,47-48,57H,4-5,7-8,11-12,19,22-36,39H2,1-3H3,(H,66,86)(H,69,82)(H,70,77)(H,72,84)(H,73,83)(H,80,81)(H3,64,65,85)/t47-,48-,57-/m0/s1. The van der Waals surface area contributed by atoms with Crippen LogP contribution >= 0.6 is 0 Å². The van der Waals surface area contributed by atoms with Crippen molar-refractivity contribution in [3.8, 4) is 28.4 Å². The molecule has 2 aliphatic rings. The van der Waals surface area contributed by atoms with Gasteiger partial charge >= 0.3 is 18.1 Å². The molecule has 29 nitrogen and oxygen atoms in total. The van der Waals surface area contributed by atoms with Crippen LogP contribution in [-0.2, 0) is 76.8 Å². The fraction of sp³-hybridized carbons (Fsp3) is 0.476. The third-order valence-electron chi connectivity index (χ3n) is 14.6. The minimum Gasteiger partial charge on any atom is -0.481 e. The van der Waals surface area contributed by atoms with Gasteiger partial charge in [-0.15, -0.1) is 0 Å². The van der Waals surface area contributed by atoms with E-state index < -0.39 is 72.2 Å². The summed E-state index contributed by atoms with van der Waals surface area (Å²) in [6.45, 7) is 8.45. The maximum Gasteiger partial charge on any atom is 0.407 e. The van der Waals surface area contributed by atoms with Gasteiger partial charge in [0.15, 0.2) is 0 Å². The van der Waals surface area contributed by atoms with Crippen LogP contribution in [0.3, 0.4) is 0 Å². The highest BCUT2D eigenvalue weighted by Crippen LogP contribution is 2.38. The number of hydrogen-bond donors (Lipinski definition) is 8. The first kappa shape index (κ1) is 70.0. The lowest BCUT2D eigenvalue weighted by atomic mass is 9.99. The van der Waals surface area contributed by atoms with Crippen molar-refractivity contribution in [3.05, 3.63) is 96.0 Å². The molecule has 0 saturated carbocycles. The van der Waals surface area contributed by atoms with Crippen molar-refractivity contribution in [3.63, 3.8) is 0 Å². The number of carboxylic acids is 1. The number of nitrogens with zero attached hydrogens (tertiary/aromatic N) is 6. The molecule has 0 aliphatic carbocycles. The molecule has 5 aromatic rings. The number of primary amides is 1. The van der Waals surface area contributed by atoms with E-state index in [1.54, 1.807) is 44.3 Å². The van der Waals surface area contributed by atoms with E-state index in [4.69, 9.17) is 49.2 Å². The van der Waals surface area contributed by atoms with Crippen molar-refractivity contribution in [1.29, 1.82) is 0 Å². The molecule has 5 heterocycles. The summed E-state index contributed by atoms with van der Waals surface area (Å²) >= 11 is 0. The van der Waals surface area contributed by atoms with Crippen molar-refractivity contribution in [1.82, 2.24) is 56.2 Å². The van der Waals surface area contributed by atoms with Crippen molar-refractivity contribution in [2.24, 2.45) is 11.7 Å². The highest BCUT2D eigenvalue weighted by molar-refractivity contribution is 6.12. The Hall–Kier alpha value is -9.45. The van der Waals surface area contributed by atoms with Crippen molar-refractivity contribution in [2.45, 2.75) is 110 Å². The summed E-state index contributed by atoms with van der Waals surface area (Å²) < 4.78 is 35.2. The number of ether oxygens (including phenoxy) is 6. The number of nitrogens with two attached hydrogens (primary N) is 1. The maximum atomic E-state index is 13.9. The summed E-state index contributed by atoms with van der Waals surface area (Å²) in [5.74, 6) is -4.97. The molecule has 29 heteroatoms. The van der Waals surface area contributed by atoms with Crippen LogP contribution in [0.15, 0.2) is 79.0 Å². The van der Waals surface area contributed by atoms with Gasteiger partial charge in [0.1, 0.15) is 30.4 Å². The van der Waals surface area contributed by atoms with Gasteiger partial charge in [-0.2, -0.15) is 5.10 Å². The van der Waals surface area contributed by atoms with Crippen molar-refractivity contribution in [2.75, 3.05) is 84.4 Å². The van der Waals surface area contributed by atoms with E-state index in [1.165, 1.54) is 17.8 Å². The van der Waals surface area contributed by atoms with Crippen LogP contribution in [0.5, 0.6) is 5.88 Å². The molecule has 2 aromatic carbocycles. The number of benzene rings is 2. The SMILES string of the molecule is Cc1cccc(-c2nn3c(c2-c2ccc4ncc(OCCCCNC(=O)OCc5ccc(NC(=O)[C@H](CCCNC(N)=O)NC(=O)[C@@H](NC(=O)[C@H](CCC(=O)O)NC(=O)CCOCCOCCOCCOCCN6C(=O)C=CC6=O)C(C)C)cc5)nc4c2)CCC3)n1. The number of fused-ring (bicyclic) bond motifs is 2. The number of aryl methyl sites for hydroxylation is 2. The Kier molecular flexibility index (Phi) is 27.7. The molecule has 9 N–H and O–H groups in total. The highest BCUT2D eigenvalue weighted by atomic mass is 16.6. The Bertz CT molecular complexity index is 3360. The summed E-state index contributed by atoms with van der Waals surface area (Å²) in [5, 5.41) is 30.2. The molecule has 9 amide bonds. The molecule has 92 heavy (non-hydrogen) atoms. The first-order chi connectivity index (χ1) is 44.4. The number of hydrogen-bond acceptors (Lipinski definition) is 19. The van der Waals surface area contributed by atoms with Crippen LogP contribution in [0.4, 0.5) is 15.3 Å². The number of pyridine rings is 1. The quantitative estimate of drug-likeness (QED) is 0.0205. The molecule has 0 radical (unpaired) electrons. The van der Waals surface area contributed by atoms with Gasteiger partial charge in [-0.1, -0.05) is 38.1 Å². The molecule has 494 valence electrons. The van der Waals surface area contributed by atoms with E-state index in [1.807, 2.05) is 43.3 Å². The first-order valence-corrected chi connectivity index (χ1v) is 30.7. The predicted octanol–water partition coefficient (Wildman–Crippen LogP) is 3.64. The molecule has 3 atom stereocenters. The van der Waals surface area contributed by atoms with E-state index in [0.717, 1.165) is 58.0 Å². The van der Waals surface area contributed by atoms with Crippen molar-refractivity contribution < 1.29 is 76.7 Å². The summed E-state index contributed by atoms with van der Waals surface area (Å²) in [4.78, 5) is 128. The van der Waals surface area contributed by atoms with E-state index in [9.17, 15) is 48.3 Å². The van der Waals surface area contributed by atoms with Crippen LogP contribution in [0.2, 0.25) is 0 Å². The Morgan fingerprint density at radius 1 is 0.707 bits per heavy atom. The van der Waals surface area contributed by atoms with Gasteiger partial charge in [-0.25, -0.2) is 19.6 Å². The van der Waals surface area contributed by atoms with Crippen LogP contribution in [0.1, 0.15) is 82.2 Å². The maximum absolute atomic E-state index is 13.9. The van der Waals surface area contributed by atoms with Gasteiger partial charge in [0.05, 0.1) is 88.9 Å². The number of unbranched alkanes of at least 4 members (excludes halogenated alkanes) is 1. The Morgan fingerprint density at radius 2 is 1.40 bits per heavy atom. The molecular formula is C63H81N13O16. The largest absolute Gasteiger partial charge is 0.481 e. The lowest BCUT2D eigenvalue weighted by molar-refractivity contribution is -0.139. The molecule has 0 bridgehead atoms. The number of carbonyl (C=O) groups is 9. The van der Waals surface area contributed by atoms with Crippen LogP contribution < -0.4 is 42.4 Å². The van der Waals surface area contributed by atoms with Crippen molar-refractivity contribution >= 4 is 70.3 Å². The zero-order valence-corrected chi connectivity index (χ0v) is 51.9. The number of amides is 9. The zero-order chi connectivity index (χ0) is 65.8. The molecule has 0 spiro atoms. The molecule has 0 saturated heterocycles. The minimum atomic E-state index is -1.35. The number of alkyl carbamates (subject to hydrolysis) is 1. The second-order valence-corrected chi connectivity index (χ2v) is 22.0. The molecule has 7 rings (SSSR count). The van der Waals surface area contributed by atoms with E-state index >= 15 is 0 Å². The topological polar surface area (TPSA) is 387 Å². The van der Waals surface area contributed by atoms with Gasteiger partial charge in [-0.05, 0) is 105 Å². The van der Waals surface area contributed by atoms with Gasteiger partial charge < -0.3 is 71.2 Å². The van der Waals surface area contributed by atoms with Crippen LogP contribution in [0.25, 0.3) is 33.5 Å². The fourth-order valence-electron chi connectivity index (χ4n) is 9.79. The summed E-state index contributed by atoms with van der Waals surface area (Å²) in [6.07, 6.45) is 5.81. The third-order valence-corrected chi connectivity index (χ3v) is 14.6. The summed E-state index contributed by atoms with van der Waals surface area (Å²) in [7, 11) is 0. The normalized spacial score (nSPS) is 13.5. The van der Waals surface area contributed by atoms with E-state index in [0.29, 0.717) is 48.6 Å². The number of nitrogens with one attached hydrogen (secondary N) is 6. The smallest absolute Gasteiger partial charge is 0.407 e. The minimum absolute atomic E-state index is 0.0285. The monoisotopic (exact) mass is 1280 g/mol. The second kappa shape index (κ2) is 36.4. The number of urea groups is 1. The number of aliphatic carboxylic acids is 1. The first-order valence-electron chi connectivity index (χ1n) is 30.7. The van der Waals surface area contributed by atoms with Crippen LogP contribution in [0, 0.1) is 12.8 Å². The molecule has 0 fully saturated rings. The van der Waals surface area contributed by atoms with Gasteiger partial charge in [-0.3, -0.25) is 48.1 Å². The number of aromatic nitrogens is 5. The van der Waals surface area contributed by atoms with Gasteiger partial charge in [0.25, 0.3) is 11.8 Å². The number of rotatable bonds is 40. The number of anilines is 1. The molecule has 3 aromatic heterocycles. The number of carboxylic acid groups (broad SMARTS) is 1. The lowest BCUT2D eigenvalue weighted by Crippen LogP contribution is -2.58. The predicted molar refractivity (Wildman–Crippen MR) is 333 cm³/mol. The van der Waals surface area contributed by atoms with E-state index in [2.05, 4.69) is 41.6 Å². The zero-order valence-electron chi connectivity index (χ0n) is 51.9. The van der Waals surface area contributed by atoms with Gasteiger partial charge in [0, 0.05) is 67.3 Å². The summed E-state index contributed by atoms with van der Waals surface area (Å²) in [5.41, 5.74) is 13.4. The number of imide groups is 1. The Morgan fingerprint density at radius 3 is 2.10 bits per heavy atom. The third kappa shape index (κ3) is 22.5. The molecule has 2 aliphatic heterocycles. The molecule has 0 unspecified atom stereocenters.